The highest BCUT2D eigenvalue weighted by Gasteiger charge is 2.34. The molecule has 2 N–H and O–H groups in total. The Balaban J connectivity index is 2.33. The minimum Gasteiger partial charge on any atom is -0.369 e. The summed E-state index contributed by atoms with van der Waals surface area (Å²) in [4.78, 5) is 2.50. The van der Waals surface area contributed by atoms with Crippen molar-refractivity contribution in [3.8, 4) is 0 Å². The summed E-state index contributed by atoms with van der Waals surface area (Å²) in [5, 5.41) is 0. The standard InChI is InChI=1S/C17H28N2/c1-12(2)14-8-6-7-13(3)16(14)19-10-9-17(4,5)15(18)11-19/h6-8,12,15H,9-11,18H2,1-5H3. The van der Waals surface area contributed by atoms with Gasteiger partial charge in [0.2, 0.25) is 0 Å². The van der Waals surface area contributed by atoms with E-state index >= 15 is 0 Å². The summed E-state index contributed by atoms with van der Waals surface area (Å²) in [7, 11) is 0. The van der Waals surface area contributed by atoms with Gasteiger partial charge in [-0.15, -0.1) is 0 Å². The summed E-state index contributed by atoms with van der Waals surface area (Å²) in [5.41, 5.74) is 10.9. The van der Waals surface area contributed by atoms with Gasteiger partial charge < -0.3 is 10.6 Å². The maximum atomic E-state index is 6.37. The molecule has 1 aliphatic rings. The van der Waals surface area contributed by atoms with Crippen LogP contribution in [0.5, 0.6) is 0 Å². The molecule has 0 aromatic heterocycles. The zero-order valence-corrected chi connectivity index (χ0v) is 13.0. The van der Waals surface area contributed by atoms with Gasteiger partial charge in [-0.05, 0) is 35.8 Å². The number of hydrogen-bond acceptors (Lipinski definition) is 2. The fourth-order valence-corrected chi connectivity index (χ4v) is 2.97. The third-order valence-electron chi connectivity index (χ3n) is 4.65. The van der Waals surface area contributed by atoms with Gasteiger partial charge in [-0.2, -0.15) is 0 Å². The average molecular weight is 260 g/mol. The van der Waals surface area contributed by atoms with Crippen molar-refractivity contribution in [3.63, 3.8) is 0 Å². The second-order valence-electron chi connectivity index (χ2n) is 6.96. The normalized spacial score (nSPS) is 22.9. The molecule has 106 valence electrons. The predicted octanol–water partition coefficient (Wildman–Crippen LogP) is 3.68. The number of rotatable bonds is 2. The van der Waals surface area contributed by atoms with Gasteiger partial charge in [-0.3, -0.25) is 0 Å². The molecule has 1 aromatic carbocycles. The van der Waals surface area contributed by atoms with E-state index in [-0.39, 0.29) is 11.5 Å². The van der Waals surface area contributed by atoms with Crippen molar-refractivity contribution in [1.29, 1.82) is 0 Å². The number of piperidine rings is 1. The number of nitrogens with zero attached hydrogens (tertiary/aromatic N) is 1. The van der Waals surface area contributed by atoms with Gasteiger partial charge in [-0.25, -0.2) is 0 Å². The molecule has 1 aliphatic heterocycles. The van der Waals surface area contributed by atoms with Crippen LogP contribution in [0.25, 0.3) is 0 Å². The Labute approximate surface area is 118 Å². The Hall–Kier alpha value is -1.02. The van der Waals surface area contributed by atoms with Gasteiger partial charge in [0.05, 0.1) is 0 Å². The Morgan fingerprint density at radius 1 is 1.32 bits per heavy atom. The molecule has 2 heteroatoms. The first kappa shape index (κ1) is 14.4. The van der Waals surface area contributed by atoms with E-state index in [4.69, 9.17) is 5.73 Å². The maximum Gasteiger partial charge on any atom is 0.0431 e. The molecule has 0 saturated carbocycles. The van der Waals surface area contributed by atoms with Crippen LogP contribution in [0.3, 0.4) is 0 Å². The van der Waals surface area contributed by atoms with Crippen molar-refractivity contribution >= 4 is 5.69 Å². The number of anilines is 1. The topological polar surface area (TPSA) is 29.3 Å². The SMILES string of the molecule is Cc1cccc(C(C)C)c1N1CCC(C)(C)C(N)C1. The van der Waals surface area contributed by atoms with E-state index in [9.17, 15) is 0 Å². The summed E-state index contributed by atoms with van der Waals surface area (Å²) in [6, 6.07) is 6.90. The largest absolute Gasteiger partial charge is 0.369 e. The predicted molar refractivity (Wildman–Crippen MR) is 83.9 cm³/mol. The molecule has 0 spiro atoms. The minimum absolute atomic E-state index is 0.251. The van der Waals surface area contributed by atoms with E-state index in [2.05, 4.69) is 57.7 Å². The van der Waals surface area contributed by atoms with Crippen molar-refractivity contribution < 1.29 is 0 Å². The number of hydrogen-bond donors (Lipinski definition) is 1. The summed E-state index contributed by atoms with van der Waals surface area (Å²) in [6.07, 6.45) is 1.17. The van der Waals surface area contributed by atoms with Crippen LogP contribution in [0.1, 0.15) is 51.2 Å². The van der Waals surface area contributed by atoms with Crippen molar-refractivity contribution in [2.45, 2.75) is 53.0 Å². The molecule has 0 bridgehead atoms. The molecule has 1 atom stereocenters. The molecule has 0 radical (unpaired) electrons. The second-order valence-corrected chi connectivity index (χ2v) is 6.96. The lowest BCUT2D eigenvalue weighted by Crippen LogP contribution is -2.53. The lowest BCUT2D eigenvalue weighted by atomic mass is 9.78. The van der Waals surface area contributed by atoms with E-state index in [1.54, 1.807) is 0 Å². The number of aryl methyl sites for hydroxylation is 1. The smallest absolute Gasteiger partial charge is 0.0431 e. The highest BCUT2D eigenvalue weighted by molar-refractivity contribution is 5.61. The maximum absolute atomic E-state index is 6.37. The minimum atomic E-state index is 0.251. The lowest BCUT2D eigenvalue weighted by Gasteiger charge is -2.44. The number of benzene rings is 1. The van der Waals surface area contributed by atoms with E-state index in [0.29, 0.717) is 5.92 Å². The van der Waals surface area contributed by atoms with Crippen LogP contribution in [0.4, 0.5) is 5.69 Å². The molecule has 0 amide bonds. The van der Waals surface area contributed by atoms with Gasteiger partial charge in [-0.1, -0.05) is 45.9 Å². The van der Waals surface area contributed by atoms with E-state index in [1.807, 2.05) is 0 Å². The van der Waals surface area contributed by atoms with E-state index in [1.165, 1.54) is 23.2 Å². The van der Waals surface area contributed by atoms with Crippen molar-refractivity contribution in [2.75, 3.05) is 18.0 Å². The van der Waals surface area contributed by atoms with Crippen LogP contribution in [0.15, 0.2) is 18.2 Å². The van der Waals surface area contributed by atoms with Gasteiger partial charge in [0.25, 0.3) is 0 Å². The Bertz CT molecular complexity index is 449. The molecule has 19 heavy (non-hydrogen) atoms. The zero-order valence-electron chi connectivity index (χ0n) is 13.0. The highest BCUT2D eigenvalue weighted by Crippen LogP contribution is 2.36. The summed E-state index contributed by atoms with van der Waals surface area (Å²) in [6.45, 7) is 13.4. The Morgan fingerprint density at radius 3 is 2.58 bits per heavy atom. The van der Waals surface area contributed by atoms with Gasteiger partial charge in [0, 0.05) is 24.8 Å². The first-order valence-electron chi connectivity index (χ1n) is 7.43. The molecular formula is C17H28N2. The van der Waals surface area contributed by atoms with Crippen LogP contribution < -0.4 is 10.6 Å². The molecule has 1 fully saturated rings. The molecule has 2 rings (SSSR count). The van der Waals surface area contributed by atoms with Gasteiger partial charge in [0.15, 0.2) is 0 Å². The van der Waals surface area contributed by atoms with Crippen molar-refractivity contribution in [1.82, 2.24) is 0 Å². The molecule has 0 aliphatic carbocycles. The third kappa shape index (κ3) is 2.79. The third-order valence-corrected chi connectivity index (χ3v) is 4.65. The number of para-hydroxylation sites is 1. The first-order chi connectivity index (χ1) is 8.83. The quantitative estimate of drug-likeness (QED) is 0.879. The van der Waals surface area contributed by atoms with Crippen LogP contribution >= 0.6 is 0 Å². The second kappa shape index (κ2) is 5.16. The van der Waals surface area contributed by atoms with Crippen LogP contribution in [0, 0.1) is 12.3 Å². The molecule has 1 heterocycles. The first-order valence-corrected chi connectivity index (χ1v) is 7.43. The Kier molecular flexibility index (Phi) is 3.91. The molecule has 1 unspecified atom stereocenters. The molecule has 1 saturated heterocycles. The van der Waals surface area contributed by atoms with Crippen LogP contribution in [-0.4, -0.2) is 19.1 Å². The van der Waals surface area contributed by atoms with Crippen LogP contribution in [-0.2, 0) is 0 Å². The lowest BCUT2D eigenvalue weighted by molar-refractivity contribution is 0.235. The average Bonchev–Trinajstić information content (AvgIpc) is 2.32. The van der Waals surface area contributed by atoms with E-state index in [0.717, 1.165) is 13.1 Å². The fourth-order valence-electron chi connectivity index (χ4n) is 2.97. The van der Waals surface area contributed by atoms with Gasteiger partial charge in [0.1, 0.15) is 0 Å². The Morgan fingerprint density at radius 2 is 2.00 bits per heavy atom. The molecule has 1 aromatic rings. The summed E-state index contributed by atoms with van der Waals surface area (Å²) >= 11 is 0. The van der Waals surface area contributed by atoms with Crippen LogP contribution in [0.2, 0.25) is 0 Å². The monoisotopic (exact) mass is 260 g/mol. The highest BCUT2D eigenvalue weighted by atomic mass is 15.2. The zero-order chi connectivity index (χ0) is 14.2. The van der Waals surface area contributed by atoms with E-state index < -0.39 is 0 Å². The molecule has 2 nitrogen and oxygen atoms in total. The van der Waals surface area contributed by atoms with Crippen molar-refractivity contribution in [2.24, 2.45) is 11.1 Å². The van der Waals surface area contributed by atoms with Crippen molar-refractivity contribution in [3.05, 3.63) is 29.3 Å². The van der Waals surface area contributed by atoms with Gasteiger partial charge >= 0.3 is 0 Å². The number of nitrogens with two attached hydrogens (primary N) is 1. The summed E-state index contributed by atoms with van der Waals surface area (Å²) < 4.78 is 0. The summed E-state index contributed by atoms with van der Waals surface area (Å²) in [5.74, 6) is 0.557. The fraction of sp³-hybridized carbons (Fsp3) is 0.647. The molecular weight excluding hydrogens is 232 g/mol.